The van der Waals surface area contributed by atoms with Crippen molar-refractivity contribution in [3.8, 4) is 0 Å². The molecule has 2 N–H and O–H groups in total. The summed E-state index contributed by atoms with van der Waals surface area (Å²) >= 11 is 6.03. The first-order valence-electron chi connectivity index (χ1n) is 8.52. The summed E-state index contributed by atoms with van der Waals surface area (Å²) in [5, 5.41) is 23.0. The summed E-state index contributed by atoms with van der Waals surface area (Å²) in [4.78, 5) is 8.52. The van der Waals surface area contributed by atoms with Gasteiger partial charge in [-0.1, -0.05) is 30.7 Å². The third-order valence-electron chi connectivity index (χ3n) is 5.13. The fourth-order valence-corrected chi connectivity index (χ4v) is 3.79. The quantitative estimate of drug-likeness (QED) is 0.737. The van der Waals surface area contributed by atoms with E-state index in [1.54, 1.807) is 28.8 Å². The van der Waals surface area contributed by atoms with E-state index < -0.39 is 24.5 Å². The van der Waals surface area contributed by atoms with Crippen molar-refractivity contribution in [2.75, 3.05) is 0 Å². The molecule has 1 fully saturated rings. The largest absolute Gasteiger partial charge is 0.388 e. The third kappa shape index (κ3) is 2.79. The van der Waals surface area contributed by atoms with Crippen LogP contribution in [0.5, 0.6) is 0 Å². The molecule has 26 heavy (non-hydrogen) atoms. The lowest BCUT2D eigenvalue weighted by Crippen LogP contribution is -2.27. The molecule has 1 aliphatic rings. The Kier molecular flexibility index (Phi) is 4.44. The molecule has 1 aromatic carbocycles. The van der Waals surface area contributed by atoms with Gasteiger partial charge in [0.2, 0.25) is 0 Å². The second-order valence-corrected chi connectivity index (χ2v) is 7.20. The zero-order valence-corrected chi connectivity index (χ0v) is 15.2. The lowest BCUT2D eigenvalue weighted by Gasteiger charge is -2.22. The lowest BCUT2D eigenvalue weighted by atomic mass is 9.93. The van der Waals surface area contributed by atoms with Crippen LogP contribution in [0.3, 0.4) is 0 Å². The first kappa shape index (κ1) is 17.4. The van der Waals surface area contributed by atoms with Crippen molar-refractivity contribution in [1.29, 1.82) is 0 Å². The summed E-state index contributed by atoms with van der Waals surface area (Å²) in [6.07, 6.45) is 0.476. The zero-order chi connectivity index (χ0) is 18.4. The van der Waals surface area contributed by atoms with Crippen molar-refractivity contribution in [1.82, 2.24) is 14.5 Å². The van der Waals surface area contributed by atoms with Gasteiger partial charge >= 0.3 is 0 Å². The summed E-state index contributed by atoms with van der Waals surface area (Å²) in [7, 11) is 0. The highest BCUT2D eigenvalue weighted by atomic mass is 35.5. The molecule has 7 heteroatoms. The minimum Gasteiger partial charge on any atom is -0.388 e. The zero-order valence-electron chi connectivity index (χ0n) is 14.5. The maximum absolute atomic E-state index is 10.8. The number of ether oxygens (including phenoxy) is 1. The van der Waals surface area contributed by atoms with Crippen molar-refractivity contribution >= 4 is 22.6 Å². The van der Waals surface area contributed by atoms with E-state index in [1.165, 1.54) is 6.33 Å². The molecule has 3 heterocycles. The fourth-order valence-electron chi connectivity index (χ4n) is 3.59. The highest BCUT2D eigenvalue weighted by Gasteiger charge is 2.45. The number of hydrogen-bond donors (Lipinski definition) is 2. The first-order chi connectivity index (χ1) is 12.5. The van der Waals surface area contributed by atoms with Crippen LogP contribution in [0, 0.1) is 12.8 Å². The molecule has 6 nitrogen and oxygen atoms in total. The Morgan fingerprint density at radius 2 is 2.08 bits per heavy atom. The van der Waals surface area contributed by atoms with Crippen LogP contribution in [0.25, 0.3) is 11.0 Å². The van der Waals surface area contributed by atoms with Crippen molar-refractivity contribution in [3.05, 3.63) is 59.1 Å². The molecule has 1 saturated heterocycles. The van der Waals surface area contributed by atoms with Gasteiger partial charge in [0, 0.05) is 22.5 Å². The average Bonchev–Trinajstić information content (AvgIpc) is 3.18. The molecule has 0 aliphatic carbocycles. The molecular weight excluding hydrogens is 354 g/mol. The van der Waals surface area contributed by atoms with Gasteiger partial charge in [0.1, 0.15) is 24.2 Å². The second-order valence-electron chi connectivity index (χ2n) is 6.76. The van der Waals surface area contributed by atoms with Crippen LogP contribution >= 0.6 is 11.6 Å². The molecular formula is C19H20ClN3O3. The molecule has 4 rings (SSSR count). The van der Waals surface area contributed by atoms with Crippen molar-refractivity contribution < 1.29 is 14.9 Å². The van der Waals surface area contributed by atoms with E-state index in [9.17, 15) is 10.2 Å². The molecule has 0 spiro atoms. The summed E-state index contributed by atoms with van der Waals surface area (Å²) in [6, 6.07) is 8.96. The second kappa shape index (κ2) is 6.63. The van der Waals surface area contributed by atoms with Crippen LogP contribution < -0.4 is 0 Å². The van der Waals surface area contributed by atoms with Crippen LogP contribution in [0.15, 0.2) is 42.9 Å². The summed E-state index contributed by atoms with van der Waals surface area (Å²) in [6.45, 7) is 3.78. The number of hydrogen-bond acceptors (Lipinski definition) is 5. The summed E-state index contributed by atoms with van der Waals surface area (Å²) in [5.74, 6) is -0.269. The number of aromatic nitrogens is 3. The van der Waals surface area contributed by atoms with Crippen molar-refractivity contribution in [2.24, 2.45) is 5.92 Å². The molecule has 0 saturated carbocycles. The maximum Gasteiger partial charge on any atom is 0.162 e. The Morgan fingerprint density at radius 1 is 1.27 bits per heavy atom. The molecule has 1 aliphatic heterocycles. The highest BCUT2D eigenvalue weighted by Crippen LogP contribution is 2.41. The molecule has 2 aromatic heterocycles. The van der Waals surface area contributed by atoms with E-state index in [4.69, 9.17) is 16.3 Å². The molecule has 5 atom stereocenters. The molecule has 0 radical (unpaired) electrons. The number of benzene rings is 1. The van der Waals surface area contributed by atoms with Gasteiger partial charge in [0.15, 0.2) is 6.23 Å². The number of aryl methyl sites for hydroxylation is 1. The molecule has 3 aromatic rings. The Balaban J connectivity index is 1.66. The number of aliphatic hydroxyl groups is 2. The Bertz CT molecular complexity index is 945. The predicted molar refractivity (Wildman–Crippen MR) is 97.8 cm³/mol. The normalized spacial score (nSPS) is 27.1. The molecule has 0 amide bonds. The van der Waals surface area contributed by atoms with Gasteiger partial charge in [-0.2, -0.15) is 0 Å². The third-order valence-corrected chi connectivity index (χ3v) is 5.36. The smallest absolute Gasteiger partial charge is 0.162 e. The Morgan fingerprint density at radius 3 is 2.85 bits per heavy atom. The van der Waals surface area contributed by atoms with Crippen molar-refractivity contribution in [2.45, 2.75) is 38.4 Å². The van der Waals surface area contributed by atoms with Gasteiger partial charge in [0.05, 0.1) is 11.8 Å². The van der Waals surface area contributed by atoms with Gasteiger partial charge in [-0.05, 0) is 30.7 Å². The average molecular weight is 374 g/mol. The summed E-state index contributed by atoms with van der Waals surface area (Å²) < 4.78 is 7.90. The van der Waals surface area contributed by atoms with Crippen molar-refractivity contribution in [3.63, 3.8) is 0 Å². The van der Waals surface area contributed by atoms with Gasteiger partial charge in [-0.15, -0.1) is 0 Å². The SMILES string of the molecule is Cc1ncnc2c1ccn2C1OC(C(O)c2cccc(Cl)c2)C(C)C1O. The Labute approximate surface area is 156 Å². The van der Waals surface area contributed by atoms with E-state index in [-0.39, 0.29) is 5.92 Å². The van der Waals surface area contributed by atoms with Crippen LogP contribution in [0.1, 0.15) is 30.5 Å². The van der Waals surface area contributed by atoms with E-state index >= 15 is 0 Å². The number of halogens is 1. The summed E-state index contributed by atoms with van der Waals surface area (Å²) in [5.41, 5.74) is 2.23. The number of nitrogens with zero attached hydrogens (tertiary/aromatic N) is 3. The standard InChI is InChI=1S/C19H20ClN3O3/c1-10-15(24)19(23-7-6-14-11(2)21-9-22-18(14)23)26-17(10)16(25)12-4-3-5-13(20)8-12/h3-10,15-17,19,24-25H,1-2H3. The maximum atomic E-state index is 10.8. The van der Waals surface area contributed by atoms with Crippen LogP contribution in [-0.2, 0) is 4.74 Å². The highest BCUT2D eigenvalue weighted by molar-refractivity contribution is 6.30. The molecule has 5 unspecified atom stereocenters. The van der Waals surface area contributed by atoms with E-state index in [1.807, 2.05) is 26.1 Å². The van der Waals surface area contributed by atoms with Gasteiger partial charge < -0.3 is 19.5 Å². The lowest BCUT2D eigenvalue weighted by molar-refractivity contribution is -0.0775. The monoisotopic (exact) mass is 373 g/mol. The van der Waals surface area contributed by atoms with Gasteiger partial charge in [-0.3, -0.25) is 0 Å². The van der Waals surface area contributed by atoms with E-state index in [2.05, 4.69) is 9.97 Å². The molecule has 136 valence electrons. The number of aliphatic hydroxyl groups excluding tert-OH is 2. The van der Waals surface area contributed by atoms with Crippen LogP contribution in [-0.4, -0.2) is 37.0 Å². The van der Waals surface area contributed by atoms with E-state index in [0.717, 1.165) is 11.1 Å². The predicted octanol–water partition coefficient (Wildman–Crippen LogP) is 3.02. The Hall–Kier alpha value is -1.99. The molecule has 0 bridgehead atoms. The minimum absolute atomic E-state index is 0.269. The van der Waals surface area contributed by atoms with Gasteiger partial charge in [0.25, 0.3) is 0 Å². The minimum atomic E-state index is -0.887. The topological polar surface area (TPSA) is 80.4 Å². The fraction of sp³-hybridized carbons (Fsp3) is 0.368. The van der Waals surface area contributed by atoms with Crippen LogP contribution in [0.4, 0.5) is 0 Å². The van der Waals surface area contributed by atoms with Gasteiger partial charge in [-0.25, -0.2) is 9.97 Å². The number of fused-ring (bicyclic) bond motifs is 1. The number of rotatable bonds is 3. The first-order valence-corrected chi connectivity index (χ1v) is 8.90. The van der Waals surface area contributed by atoms with E-state index in [0.29, 0.717) is 16.2 Å². The van der Waals surface area contributed by atoms with Crippen LogP contribution in [0.2, 0.25) is 5.02 Å².